The smallest absolute Gasteiger partial charge is 0.310 e. The van der Waals surface area contributed by atoms with E-state index in [0.717, 1.165) is 16.5 Å². The molecule has 2 N–H and O–H groups in total. The van der Waals surface area contributed by atoms with Crippen molar-refractivity contribution in [2.24, 2.45) is 0 Å². The fourth-order valence-electron chi connectivity index (χ4n) is 3.15. The van der Waals surface area contributed by atoms with Crippen LogP contribution in [0.3, 0.4) is 0 Å². The van der Waals surface area contributed by atoms with Crippen LogP contribution in [0, 0.1) is 0 Å². The topological polar surface area (TPSA) is 107 Å². The summed E-state index contributed by atoms with van der Waals surface area (Å²) >= 11 is 0. The zero-order chi connectivity index (χ0) is 20.4. The lowest BCUT2D eigenvalue weighted by molar-refractivity contribution is -0.146. The number of amides is 1. The van der Waals surface area contributed by atoms with E-state index in [9.17, 15) is 14.4 Å². The minimum atomic E-state index is -0.557. The van der Waals surface area contributed by atoms with E-state index in [1.807, 2.05) is 24.3 Å². The molecule has 0 fully saturated rings. The van der Waals surface area contributed by atoms with Crippen molar-refractivity contribution in [3.63, 3.8) is 0 Å². The van der Waals surface area contributed by atoms with E-state index in [2.05, 4.69) is 10.3 Å². The van der Waals surface area contributed by atoms with E-state index in [-0.39, 0.29) is 30.2 Å². The lowest BCUT2D eigenvalue weighted by Crippen LogP contribution is -2.22. The second kappa shape index (κ2) is 7.67. The fraction of sp³-hybridized carbons (Fsp3) is 0.190. The summed E-state index contributed by atoms with van der Waals surface area (Å²) in [5.41, 5.74) is 2.28. The Labute approximate surface area is 165 Å². The molecule has 8 heteroatoms. The highest BCUT2D eigenvalue weighted by Crippen LogP contribution is 2.37. The summed E-state index contributed by atoms with van der Waals surface area (Å²) in [6.07, 6.45) is 1.79. The van der Waals surface area contributed by atoms with Crippen LogP contribution in [0.5, 0.6) is 11.5 Å². The van der Waals surface area contributed by atoms with Crippen molar-refractivity contribution in [1.82, 2.24) is 4.98 Å². The highest BCUT2D eigenvalue weighted by molar-refractivity contribution is 6.05. The SMILES string of the molecule is CC(=O)c1cc2c(cc1NC(=O)COC(=O)Cc1c[nH]c3ccccc13)OCO2. The van der Waals surface area contributed by atoms with Gasteiger partial charge in [0.2, 0.25) is 6.79 Å². The number of ether oxygens (including phenoxy) is 3. The molecule has 0 saturated heterocycles. The number of esters is 1. The van der Waals surface area contributed by atoms with E-state index in [0.29, 0.717) is 11.5 Å². The number of nitrogens with one attached hydrogen (secondary N) is 2. The number of ketones is 1. The van der Waals surface area contributed by atoms with Crippen molar-refractivity contribution in [2.45, 2.75) is 13.3 Å². The molecule has 0 radical (unpaired) electrons. The zero-order valence-corrected chi connectivity index (χ0v) is 15.6. The standard InChI is InChI=1S/C21H18N2O6/c1-12(24)15-7-18-19(29-11-28-18)8-17(15)23-20(25)10-27-21(26)6-13-9-22-16-5-3-2-4-14(13)16/h2-5,7-9,22H,6,10-11H2,1H3,(H,23,25). The molecule has 0 spiro atoms. The average Bonchev–Trinajstić information content (AvgIpc) is 3.32. The minimum absolute atomic E-state index is 0.0417. The van der Waals surface area contributed by atoms with Crippen molar-refractivity contribution in [1.29, 1.82) is 0 Å². The minimum Gasteiger partial charge on any atom is -0.455 e. The Morgan fingerprint density at radius 1 is 1.14 bits per heavy atom. The molecule has 0 unspecified atom stereocenters. The number of aromatic nitrogens is 1. The quantitative estimate of drug-likeness (QED) is 0.492. The largest absolute Gasteiger partial charge is 0.455 e. The summed E-state index contributed by atoms with van der Waals surface area (Å²) in [6, 6.07) is 10.6. The third kappa shape index (κ3) is 3.91. The fourth-order valence-corrected chi connectivity index (χ4v) is 3.15. The van der Waals surface area contributed by atoms with Gasteiger partial charge < -0.3 is 24.5 Å². The highest BCUT2D eigenvalue weighted by atomic mass is 16.7. The van der Waals surface area contributed by atoms with Gasteiger partial charge in [0, 0.05) is 28.7 Å². The second-order valence-corrected chi connectivity index (χ2v) is 6.55. The first-order valence-electron chi connectivity index (χ1n) is 8.96. The van der Waals surface area contributed by atoms with Crippen molar-refractivity contribution in [3.8, 4) is 11.5 Å². The molecule has 3 aromatic rings. The van der Waals surface area contributed by atoms with Gasteiger partial charge >= 0.3 is 5.97 Å². The molecule has 0 atom stereocenters. The maximum atomic E-state index is 12.2. The number of para-hydroxylation sites is 1. The molecular weight excluding hydrogens is 376 g/mol. The van der Waals surface area contributed by atoms with Crippen molar-refractivity contribution in [3.05, 3.63) is 53.7 Å². The third-order valence-electron chi connectivity index (χ3n) is 4.54. The number of Topliss-reactive ketones (excluding diaryl/α,β-unsaturated/α-hetero) is 1. The van der Waals surface area contributed by atoms with Gasteiger partial charge in [-0.15, -0.1) is 0 Å². The molecule has 29 heavy (non-hydrogen) atoms. The Morgan fingerprint density at radius 2 is 1.90 bits per heavy atom. The molecular formula is C21H18N2O6. The number of aromatic amines is 1. The summed E-state index contributed by atoms with van der Waals surface area (Å²) in [4.78, 5) is 39.3. The Bertz CT molecular complexity index is 1120. The maximum Gasteiger partial charge on any atom is 0.310 e. The van der Waals surface area contributed by atoms with Gasteiger partial charge in [-0.3, -0.25) is 14.4 Å². The van der Waals surface area contributed by atoms with E-state index >= 15 is 0 Å². The number of rotatable bonds is 6. The molecule has 148 valence electrons. The highest BCUT2D eigenvalue weighted by Gasteiger charge is 2.21. The number of carbonyl (C=O) groups is 3. The van der Waals surface area contributed by atoms with Gasteiger partial charge in [0.25, 0.3) is 5.91 Å². The van der Waals surface area contributed by atoms with Gasteiger partial charge in [-0.1, -0.05) is 18.2 Å². The Hall–Kier alpha value is -3.81. The van der Waals surface area contributed by atoms with E-state index in [1.54, 1.807) is 6.20 Å². The molecule has 1 amide bonds. The molecule has 1 aliphatic rings. The van der Waals surface area contributed by atoms with Gasteiger partial charge in [0.1, 0.15) is 0 Å². The maximum absolute atomic E-state index is 12.2. The van der Waals surface area contributed by atoms with Crippen LogP contribution in [-0.2, 0) is 20.7 Å². The molecule has 0 aliphatic carbocycles. The molecule has 4 rings (SSSR count). The van der Waals surface area contributed by atoms with Crippen molar-refractivity contribution < 1.29 is 28.6 Å². The third-order valence-corrected chi connectivity index (χ3v) is 4.54. The molecule has 1 aliphatic heterocycles. The van der Waals surface area contributed by atoms with Crippen LogP contribution < -0.4 is 14.8 Å². The van der Waals surface area contributed by atoms with Crippen molar-refractivity contribution >= 4 is 34.3 Å². The normalized spacial score (nSPS) is 12.0. The number of hydrogen-bond acceptors (Lipinski definition) is 6. The van der Waals surface area contributed by atoms with Gasteiger partial charge in [-0.25, -0.2) is 0 Å². The van der Waals surface area contributed by atoms with E-state index in [1.165, 1.54) is 19.1 Å². The van der Waals surface area contributed by atoms with Gasteiger partial charge in [0.15, 0.2) is 23.9 Å². The van der Waals surface area contributed by atoms with Crippen LogP contribution in [0.15, 0.2) is 42.6 Å². The van der Waals surface area contributed by atoms with Gasteiger partial charge in [0.05, 0.1) is 12.1 Å². The first kappa shape index (κ1) is 18.5. The van der Waals surface area contributed by atoms with E-state index < -0.39 is 18.5 Å². The summed E-state index contributed by atoms with van der Waals surface area (Å²) in [5, 5.41) is 3.52. The predicted octanol–water partition coefficient (Wildman–Crippen LogP) is 2.82. The molecule has 0 bridgehead atoms. The zero-order valence-electron chi connectivity index (χ0n) is 15.6. The average molecular weight is 394 g/mol. The molecule has 2 heterocycles. The van der Waals surface area contributed by atoms with Crippen LogP contribution in [0.4, 0.5) is 5.69 Å². The summed E-state index contributed by atoms with van der Waals surface area (Å²) < 4.78 is 15.6. The van der Waals surface area contributed by atoms with Crippen molar-refractivity contribution in [2.75, 3.05) is 18.7 Å². The number of anilines is 1. The molecule has 1 aromatic heterocycles. The van der Waals surface area contributed by atoms with Gasteiger partial charge in [-0.05, 0) is 24.6 Å². The number of carbonyl (C=O) groups excluding carboxylic acids is 3. The van der Waals surface area contributed by atoms with Crippen LogP contribution in [0.2, 0.25) is 0 Å². The molecule has 0 saturated carbocycles. The lowest BCUT2D eigenvalue weighted by Gasteiger charge is -2.11. The van der Waals surface area contributed by atoms with Crippen LogP contribution >= 0.6 is 0 Å². The summed E-state index contributed by atoms with van der Waals surface area (Å²) in [7, 11) is 0. The second-order valence-electron chi connectivity index (χ2n) is 6.55. The first-order chi connectivity index (χ1) is 14.0. The van der Waals surface area contributed by atoms with Crippen LogP contribution in [0.25, 0.3) is 10.9 Å². The number of hydrogen-bond donors (Lipinski definition) is 2. The number of H-pyrrole nitrogens is 1. The number of fused-ring (bicyclic) bond motifs is 2. The number of benzene rings is 2. The Balaban J connectivity index is 1.38. The Morgan fingerprint density at radius 3 is 2.69 bits per heavy atom. The van der Waals surface area contributed by atoms with Crippen LogP contribution in [-0.4, -0.2) is 36.0 Å². The Kier molecular flexibility index (Phi) is 4.90. The monoisotopic (exact) mass is 394 g/mol. The lowest BCUT2D eigenvalue weighted by atomic mass is 10.1. The van der Waals surface area contributed by atoms with Crippen LogP contribution in [0.1, 0.15) is 22.8 Å². The molecule has 8 nitrogen and oxygen atoms in total. The summed E-state index contributed by atoms with van der Waals surface area (Å²) in [5.74, 6) is -0.448. The molecule has 2 aromatic carbocycles. The first-order valence-corrected chi connectivity index (χ1v) is 8.96. The predicted molar refractivity (Wildman–Crippen MR) is 104 cm³/mol. The van der Waals surface area contributed by atoms with E-state index in [4.69, 9.17) is 14.2 Å². The van der Waals surface area contributed by atoms with Gasteiger partial charge in [-0.2, -0.15) is 0 Å². The summed E-state index contributed by atoms with van der Waals surface area (Å²) in [6.45, 7) is 0.969.